The van der Waals surface area contributed by atoms with Crippen molar-refractivity contribution >= 4 is 44.8 Å². The van der Waals surface area contributed by atoms with Gasteiger partial charge in [-0.25, -0.2) is 8.42 Å². The van der Waals surface area contributed by atoms with Crippen molar-refractivity contribution in [2.24, 2.45) is 0 Å². The van der Waals surface area contributed by atoms with E-state index >= 15 is 0 Å². The van der Waals surface area contributed by atoms with Crippen molar-refractivity contribution in [2.45, 2.75) is 36.7 Å². The lowest BCUT2D eigenvalue weighted by molar-refractivity contribution is 0.0939. The molecule has 0 bridgehead atoms. The van der Waals surface area contributed by atoms with Gasteiger partial charge in [0.05, 0.1) is 5.02 Å². The average Bonchev–Trinajstić information content (AvgIpc) is 3.52. The second-order valence-corrected chi connectivity index (χ2v) is 9.71. The molecule has 2 aromatic rings. The van der Waals surface area contributed by atoms with Crippen molar-refractivity contribution in [2.75, 3.05) is 18.3 Å². The molecule has 0 radical (unpaired) electrons. The lowest BCUT2D eigenvalue weighted by Gasteiger charge is -2.24. The van der Waals surface area contributed by atoms with E-state index in [9.17, 15) is 13.2 Å². The van der Waals surface area contributed by atoms with E-state index in [1.807, 2.05) is 0 Å². The molecule has 0 aliphatic heterocycles. The molecule has 1 unspecified atom stereocenters. The summed E-state index contributed by atoms with van der Waals surface area (Å²) in [5.74, 6) is -0.201. The molecule has 29 heavy (non-hydrogen) atoms. The second kappa shape index (κ2) is 8.92. The third-order valence-electron chi connectivity index (χ3n) is 4.96. The Labute approximate surface area is 181 Å². The van der Waals surface area contributed by atoms with Crippen LogP contribution in [0.25, 0.3) is 0 Å². The highest BCUT2D eigenvalue weighted by atomic mass is 35.5. The first-order chi connectivity index (χ1) is 13.7. The summed E-state index contributed by atoms with van der Waals surface area (Å²) in [6.07, 6.45) is 2.43. The summed E-state index contributed by atoms with van der Waals surface area (Å²) in [6, 6.07) is 11.3. The van der Waals surface area contributed by atoms with Crippen molar-refractivity contribution < 1.29 is 13.2 Å². The van der Waals surface area contributed by atoms with E-state index in [0.717, 1.165) is 0 Å². The van der Waals surface area contributed by atoms with Crippen LogP contribution in [0.2, 0.25) is 10.0 Å². The maximum absolute atomic E-state index is 12.6. The van der Waals surface area contributed by atoms with Crippen LogP contribution in [0.15, 0.2) is 47.4 Å². The van der Waals surface area contributed by atoms with Gasteiger partial charge in [-0.2, -0.15) is 0 Å². The number of anilines is 1. The maximum atomic E-state index is 12.6. The van der Waals surface area contributed by atoms with E-state index in [1.165, 1.54) is 43.2 Å². The fourth-order valence-corrected chi connectivity index (χ4v) is 4.73. The number of benzene rings is 2. The van der Waals surface area contributed by atoms with Crippen LogP contribution in [-0.2, 0) is 10.0 Å². The van der Waals surface area contributed by atoms with Gasteiger partial charge in [0.25, 0.3) is 15.9 Å². The summed E-state index contributed by atoms with van der Waals surface area (Å²) in [7, 11) is -1.83. The molecule has 6 nitrogen and oxygen atoms in total. The molecule has 0 aromatic heterocycles. The Morgan fingerprint density at radius 2 is 1.83 bits per heavy atom. The third kappa shape index (κ3) is 5.63. The molecule has 1 saturated carbocycles. The molecule has 1 fully saturated rings. The highest BCUT2D eigenvalue weighted by molar-refractivity contribution is 7.92. The van der Waals surface area contributed by atoms with Gasteiger partial charge >= 0.3 is 0 Å². The first kappa shape index (κ1) is 21.9. The van der Waals surface area contributed by atoms with Gasteiger partial charge in [0.2, 0.25) is 0 Å². The fraction of sp³-hybridized carbons (Fsp3) is 0.350. The maximum Gasteiger partial charge on any atom is 0.263 e. The summed E-state index contributed by atoms with van der Waals surface area (Å²) < 4.78 is 27.6. The van der Waals surface area contributed by atoms with Crippen LogP contribution in [0.5, 0.6) is 0 Å². The van der Waals surface area contributed by atoms with Crippen LogP contribution < -0.4 is 10.0 Å². The van der Waals surface area contributed by atoms with Crippen LogP contribution >= 0.6 is 23.2 Å². The van der Waals surface area contributed by atoms with E-state index in [1.54, 1.807) is 12.1 Å². The Morgan fingerprint density at radius 3 is 2.45 bits per heavy atom. The molecule has 0 heterocycles. The number of nitrogens with one attached hydrogen (secondary N) is 2. The topological polar surface area (TPSA) is 78.5 Å². The molecule has 1 amide bonds. The largest absolute Gasteiger partial charge is 0.350 e. The SMILES string of the molecule is CC(CNC(=O)c1ccc(NS(=O)(=O)c2cc(Cl)ccc2Cl)cc1)N(C)C1CC1. The summed E-state index contributed by atoms with van der Waals surface area (Å²) >= 11 is 11.9. The molecule has 1 aliphatic carbocycles. The number of carbonyl (C=O) groups is 1. The monoisotopic (exact) mass is 455 g/mol. The van der Waals surface area contributed by atoms with Gasteiger partial charge in [-0.05, 0) is 69.3 Å². The fourth-order valence-electron chi connectivity index (χ4n) is 2.91. The highest BCUT2D eigenvalue weighted by Crippen LogP contribution is 2.27. The van der Waals surface area contributed by atoms with E-state index in [-0.39, 0.29) is 26.9 Å². The van der Waals surface area contributed by atoms with E-state index < -0.39 is 10.0 Å². The van der Waals surface area contributed by atoms with Crippen LogP contribution in [0.3, 0.4) is 0 Å². The van der Waals surface area contributed by atoms with E-state index in [2.05, 4.69) is 28.9 Å². The smallest absolute Gasteiger partial charge is 0.263 e. The molecule has 0 spiro atoms. The van der Waals surface area contributed by atoms with Gasteiger partial charge in [-0.15, -0.1) is 0 Å². The normalized spacial score (nSPS) is 15.2. The average molecular weight is 456 g/mol. The lowest BCUT2D eigenvalue weighted by atomic mass is 10.2. The van der Waals surface area contributed by atoms with Crippen molar-refractivity contribution in [3.8, 4) is 0 Å². The van der Waals surface area contributed by atoms with Crippen LogP contribution in [-0.4, -0.2) is 44.9 Å². The van der Waals surface area contributed by atoms with Crippen molar-refractivity contribution in [3.05, 3.63) is 58.1 Å². The second-order valence-electron chi connectivity index (χ2n) is 7.21. The van der Waals surface area contributed by atoms with Crippen molar-refractivity contribution in [3.63, 3.8) is 0 Å². The number of sulfonamides is 1. The van der Waals surface area contributed by atoms with Crippen LogP contribution in [0.4, 0.5) is 5.69 Å². The quantitative estimate of drug-likeness (QED) is 0.630. The van der Waals surface area contributed by atoms with E-state index in [0.29, 0.717) is 23.8 Å². The minimum absolute atomic E-state index is 0.0724. The molecular weight excluding hydrogens is 433 g/mol. The predicted octanol–water partition coefficient (Wildman–Crippen LogP) is 4.01. The van der Waals surface area contributed by atoms with Crippen LogP contribution in [0, 0.1) is 0 Å². The van der Waals surface area contributed by atoms with Crippen molar-refractivity contribution in [1.29, 1.82) is 0 Å². The minimum atomic E-state index is -3.91. The number of rotatable bonds is 8. The summed E-state index contributed by atoms with van der Waals surface area (Å²) in [4.78, 5) is 14.5. The number of nitrogens with zero attached hydrogens (tertiary/aromatic N) is 1. The number of likely N-dealkylation sites (N-methyl/N-ethyl adjacent to an activating group) is 1. The zero-order valence-corrected chi connectivity index (χ0v) is 18.5. The number of halogens is 2. The number of hydrogen-bond acceptors (Lipinski definition) is 4. The Kier molecular flexibility index (Phi) is 6.73. The van der Waals surface area contributed by atoms with Gasteiger partial charge in [0, 0.05) is 34.9 Å². The number of amides is 1. The zero-order chi connectivity index (χ0) is 21.2. The van der Waals surface area contributed by atoms with Crippen molar-refractivity contribution in [1.82, 2.24) is 10.2 Å². The zero-order valence-electron chi connectivity index (χ0n) is 16.2. The van der Waals surface area contributed by atoms with Gasteiger partial charge in [-0.1, -0.05) is 23.2 Å². The van der Waals surface area contributed by atoms with Gasteiger partial charge in [-0.3, -0.25) is 14.4 Å². The molecule has 0 saturated heterocycles. The Morgan fingerprint density at radius 1 is 1.17 bits per heavy atom. The highest BCUT2D eigenvalue weighted by Gasteiger charge is 2.29. The Bertz CT molecular complexity index is 993. The predicted molar refractivity (Wildman–Crippen MR) is 116 cm³/mol. The minimum Gasteiger partial charge on any atom is -0.350 e. The summed E-state index contributed by atoms with van der Waals surface area (Å²) in [5, 5.41) is 3.26. The molecule has 2 N–H and O–H groups in total. The molecule has 1 atom stereocenters. The van der Waals surface area contributed by atoms with E-state index in [4.69, 9.17) is 23.2 Å². The Balaban J connectivity index is 1.62. The standard InChI is InChI=1S/C20H23Cl2N3O3S/c1-13(25(2)17-8-9-17)12-23-20(26)14-3-6-16(7-4-14)24-29(27,28)19-11-15(21)5-10-18(19)22/h3-7,10-11,13,17,24H,8-9,12H2,1-2H3,(H,23,26). The first-order valence-corrected chi connectivity index (χ1v) is 11.5. The molecular formula is C20H23Cl2N3O3S. The molecule has 9 heteroatoms. The number of hydrogen-bond donors (Lipinski definition) is 2. The summed E-state index contributed by atoms with van der Waals surface area (Å²) in [5.41, 5.74) is 0.773. The molecule has 1 aliphatic rings. The third-order valence-corrected chi connectivity index (χ3v) is 7.06. The lowest BCUT2D eigenvalue weighted by Crippen LogP contribution is -2.41. The molecule has 2 aromatic carbocycles. The molecule has 3 rings (SSSR count). The van der Waals surface area contributed by atoms with Crippen LogP contribution in [0.1, 0.15) is 30.1 Å². The van der Waals surface area contributed by atoms with Gasteiger partial charge in [0.15, 0.2) is 0 Å². The first-order valence-electron chi connectivity index (χ1n) is 9.25. The molecule has 156 valence electrons. The van der Waals surface area contributed by atoms with Gasteiger partial charge < -0.3 is 5.32 Å². The van der Waals surface area contributed by atoms with Gasteiger partial charge in [0.1, 0.15) is 4.90 Å². The number of carbonyl (C=O) groups excluding carboxylic acids is 1. The summed E-state index contributed by atoms with van der Waals surface area (Å²) in [6.45, 7) is 2.63. The Hall–Kier alpha value is -1.80.